The van der Waals surface area contributed by atoms with Crippen LogP contribution in [-0.4, -0.2) is 22.1 Å². The molecule has 1 aliphatic heterocycles. The minimum absolute atomic E-state index is 0.0834. The summed E-state index contributed by atoms with van der Waals surface area (Å²) in [6, 6.07) is 1.34. The highest BCUT2D eigenvalue weighted by Gasteiger charge is 2.32. The van der Waals surface area contributed by atoms with Gasteiger partial charge in [-0.2, -0.15) is 0 Å². The topological polar surface area (TPSA) is 88.5 Å². The number of carbonyl (C=O) groups excluding carboxylic acids is 1. The summed E-state index contributed by atoms with van der Waals surface area (Å²) >= 11 is 0. The van der Waals surface area contributed by atoms with Gasteiger partial charge in [0.15, 0.2) is 5.49 Å². The number of allylic oxidation sites excluding steroid dienone is 2. The van der Waals surface area contributed by atoms with Gasteiger partial charge in [0.2, 0.25) is 5.43 Å². The Morgan fingerprint density at radius 3 is 2.91 bits per heavy atom. The van der Waals surface area contributed by atoms with E-state index in [4.69, 9.17) is 9.73 Å². The summed E-state index contributed by atoms with van der Waals surface area (Å²) in [5, 5.41) is 4.31. The number of anilines is 2. The summed E-state index contributed by atoms with van der Waals surface area (Å²) in [5.74, 6) is -1.13. The molecule has 6 rings (SSSR count). The van der Waals surface area contributed by atoms with Crippen molar-refractivity contribution in [2.45, 2.75) is 38.6 Å². The normalized spacial score (nSPS) is 18.2. The van der Waals surface area contributed by atoms with Gasteiger partial charge in [-0.15, -0.1) is 0 Å². The first kappa shape index (κ1) is 19.0. The SMILES string of the molecule is CCOC(=O)c1cn(C2CC2)c2c3c(c(F)cc2c1=O)Nc1c2c([nH]c1=N3)=CC=CC2C. The van der Waals surface area contributed by atoms with Crippen molar-refractivity contribution in [2.24, 2.45) is 4.99 Å². The average Bonchev–Trinajstić information content (AvgIpc) is 3.54. The molecular weight excluding hydrogens is 411 g/mol. The maximum absolute atomic E-state index is 15.3. The molecule has 162 valence electrons. The highest BCUT2D eigenvalue weighted by atomic mass is 19.1. The van der Waals surface area contributed by atoms with Crippen LogP contribution in [0.3, 0.4) is 0 Å². The van der Waals surface area contributed by atoms with E-state index in [9.17, 15) is 9.59 Å². The van der Waals surface area contributed by atoms with E-state index in [2.05, 4.69) is 23.3 Å². The third-order valence-electron chi connectivity index (χ3n) is 6.32. The van der Waals surface area contributed by atoms with Crippen molar-refractivity contribution in [3.05, 3.63) is 62.4 Å². The van der Waals surface area contributed by atoms with Gasteiger partial charge in [-0.25, -0.2) is 14.2 Å². The molecule has 0 spiro atoms. The molecule has 3 aliphatic rings. The van der Waals surface area contributed by atoms with Gasteiger partial charge in [-0.3, -0.25) is 4.79 Å². The van der Waals surface area contributed by atoms with Crippen molar-refractivity contribution in [1.82, 2.24) is 9.55 Å². The second kappa shape index (κ2) is 6.66. The Balaban J connectivity index is 1.68. The number of aromatic amines is 1. The summed E-state index contributed by atoms with van der Waals surface area (Å²) in [7, 11) is 0. The quantitative estimate of drug-likeness (QED) is 0.486. The van der Waals surface area contributed by atoms with Gasteiger partial charge in [-0.1, -0.05) is 19.1 Å². The van der Waals surface area contributed by atoms with Crippen molar-refractivity contribution >= 4 is 40.0 Å². The molecular formula is C24H21FN4O3. The monoisotopic (exact) mass is 432 g/mol. The molecule has 2 aliphatic carbocycles. The summed E-state index contributed by atoms with van der Waals surface area (Å²) in [6.07, 6.45) is 9.41. The largest absolute Gasteiger partial charge is 0.462 e. The van der Waals surface area contributed by atoms with Gasteiger partial charge >= 0.3 is 5.97 Å². The minimum atomic E-state index is -0.696. The van der Waals surface area contributed by atoms with Crippen LogP contribution in [0.5, 0.6) is 0 Å². The molecule has 1 atom stereocenters. The van der Waals surface area contributed by atoms with Crippen LogP contribution in [-0.2, 0) is 4.74 Å². The van der Waals surface area contributed by atoms with Gasteiger partial charge in [0.25, 0.3) is 0 Å². The van der Waals surface area contributed by atoms with Crippen LogP contribution < -0.4 is 21.6 Å². The van der Waals surface area contributed by atoms with Crippen LogP contribution in [0.1, 0.15) is 54.6 Å². The first-order valence-electron chi connectivity index (χ1n) is 10.8. The number of hydrogen-bond acceptors (Lipinski definition) is 5. The Bertz CT molecular complexity index is 1540. The first-order valence-corrected chi connectivity index (χ1v) is 10.8. The number of rotatable bonds is 3. The predicted octanol–water partition coefficient (Wildman–Crippen LogP) is 3.44. The molecule has 1 aromatic carbocycles. The Morgan fingerprint density at radius 2 is 2.16 bits per heavy atom. The molecule has 1 unspecified atom stereocenters. The molecule has 1 saturated carbocycles. The second-order valence-corrected chi connectivity index (χ2v) is 8.46. The van der Waals surface area contributed by atoms with E-state index < -0.39 is 17.2 Å². The van der Waals surface area contributed by atoms with Crippen LogP contribution in [0.4, 0.5) is 21.5 Å². The fourth-order valence-electron chi connectivity index (χ4n) is 4.68. The van der Waals surface area contributed by atoms with Gasteiger partial charge in [-0.05, 0) is 31.9 Å². The highest BCUT2D eigenvalue weighted by molar-refractivity contribution is 6.01. The average molecular weight is 432 g/mol. The molecule has 2 N–H and O–H groups in total. The van der Waals surface area contributed by atoms with Crippen LogP contribution in [0.25, 0.3) is 17.0 Å². The lowest BCUT2D eigenvalue weighted by atomic mass is 9.97. The summed E-state index contributed by atoms with van der Waals surface area (Å²) in [6.45, 7) is 3.91. The number of H-pyrrole nitrogens is 1. The van der Waals surface area contributed by atoms with Crippen LogP contribution in [0.15, 0.2) is 34.2 Å². The van der Waals surface area contributed by atoms with Crippen LogP contribution in [0, 0.1) is 5.82 Å². The molecule has 0 saturated heterocycles. The van der Waals surface area contributed by atoms with E-state index in [1.165, 1.54) is 6.07 Å². The lowest BCUT2D eigenvalue weighted by molar-refractivity contribution is 0.0524. The minimum Gasteiger partial charge on any atom is -0.462 e. The number of fused-ring (bicyclic) bond motifs is 6. The molecule has 0 bridgehead atoms. The Morgan fingerprint density at radius 1 is 1.34 bits per heavy atom. The number of nitrogens with zero attached hydrogens (tertiary/aromatic N) is 2. The number of benzene rings is 1. The number of pyridine rings is 1. The number of hydrogen-bond donors (Lipinski definition) is 2. The maximum Gasteiger partial charge on any atom is 0.343 e. The number of ether oxygens (including phenoxy) is 1. The summed E-state index contributed by atoms with van der Waals surface area (Å²) in [4.78, 5) is 33.7. The highest BCUT2D eigenvalue weighted by Crippen LogP contribution is 2.44. The summed E-state index contributed by atoms with van der Waals surface area (Å²) < 4.78 is 22.3. The molecule has 2 aromatic heterocycles. The van der Waals surface area contributed by atoms with E-state index in [0.717, 1.165) is 29.4 Å². The molecule has 7 nitrogen and oxygen atoms in total. The molecule has 3 heterocycles. The van der Waals surface area contributed by atoms with Crippen LogP contribution in [0.2, 0.25) is 0 Å². The van der Waals surface area contributed by atoms with Gasteiger partial charge in [0, 0.05) is 29.1 Å². The van der Waals surface area contributed by atoms with Gasteiger partial charge in [0.1, 0.15) is 22.8 Å². The standard InChI is InChI=1S/C24H21FN4O3/c1-3-32-24(31)14-10-29(12-7-8-12)21-13(22(14)30)9-15(25)18-20(21)28-23-19(27-18)17-11(2)5-4-6-16(17)26-23/h4-6,9-12,27H,3,7-8H2,1-2H3,(H,26,28). The molecule has 1 fully saturated rings. The first-order chi connectivity index (χ1) is 15.5. The number of esters is 1. The second-order valence-electron chi connectivity index (χ2n) is 8.46. The van der Waals surface area contributed by atoms with E-state index in [-0.39, 0.29) is 35.2 Å². The maximum atomic E-state index is 15.3. The fraction of sp³-hybridized carbons (Fsp3) is 0.292. The fourth-order valence-corrected chi connectivity index (χ4v) is 4.68. The van der Waals surface area contributed by atoms with E-state index in [0.29, 0.717) is 16.7 Å². The number of aromatic nitrogens is 2. The third kappa shape index (κ3) is 2.62. The lowest BCUT2D eigenvalue weighted by Gasteiger charge is -2.21. The molecule has 32 heavy (non-hydrogen) atoms. The predicted molar refractivity (Wildman–Crippen MR) is 119 cm³/mol. The smallest absolute Gasteiger partial charge is 0.343 e. The van der Waals surface area contributed by atoms with Crippen LogP contribution >= 0.6 is 0 Å². The summed E-state index contributed by atoms with van der Waals surface area (Å²) in [5.41, 5.74) is 2.90. The van der Waals surface area contributed by atoms with E-state index >= 15 is 4.39 Å². The zero-order valence-electron chi connectivity index (χ0n) is 17.7. The third-order valence-corrected chi connectivity index (χ3v) is 6.32. The number of halogens is 1. The molecule has 0 amide bonds. The van der Waals surface area contributed by atoms with Gasteiger partial charge < -0.3 is 19.6 Å². The number of nitrogens with one attached hydrogen (secondary N) is 2. The van der Waals surface area contributed by atoms with Crippen molar-refractivity contribution in [3.63, 3.8) is 0 Å². The van der Waals surface area contributed by atoms with Crippen molar-refractivity contribution in [3.8, 4) is 0 Å². The van der Waals surface area contributed by atoms with Crippen molar-refractivity contribution in [1.29, 1.82) is 0 Å². The van der Waals surface area contributed by atoms with Crippen molar-refractivity contribution < 1.29 is 13.9 Å². The van der Waals surface area contributed by atoms with E-state index in [1.807, 2.05) is 16.7 Å². The van der Waals surface area contributed by atoms with Gasteiger partial charge in [0.05, 0.1) is 23.2 Å². The zero-order chi connectivity index (χ0) is 22.1. The van der Waals surface area contributed by atoms with Crippen molar-refractivity contribution in [2.75, 3.05) is 11.9 Å². The lowest BCUT2D eigenvalue weighted by Crippen LogP contribution is -2.22. The Hall–Kier alpha value is -3.68. The molecule has 3 aromatic rings. The molecule has 0 radical (unpaired) electrons. The Labute approximate surface area is 181 Å². The van der Waals surface area contributed by atoms with E-state index in [1.54, 1.807) is 13.1 Å². The Kier molecular flexibility index (Phi) is 3.96. The zero-order valence-corrected chi connectivity index (χ0v) is 17.7. The molecule has 8 heteroatoms. The number of carbonyl (C=O) groups is 1.